The van der Waals surface area contributed by atoms with Gasteiger partial charge in [-0.25, -0.2) is 9.37 Å². The maximum absolute atomic E-state index is 14.4. The lowest BCUT2D eigenvalue weighted by Crippen LogP contribution is -2.41. The minimum atomic E-state index is -1.71. The van der Waals surface area contributed by atoms with Gasteiger partial charge in [0.05, 0.1) is 17.8 Å². The number of alkyl halides is 1. The third-order valence-corrected chi connectivity index (χ3v) is 2.97. The Morgan fingerprint density at radius 1 is 1.53 bits per heavy atom. The molecule has 0 radical (unpaired) electrons. The Morgan fingerprint density at radius 2 is 2.26 bits per heavy atom. The van der Waals surface area contributed by atoms with Gasteiger partial charge in [-0.2, -0.15) is 0 Å². The molecule has 19 heavy (non-hydrogen) atoms. The summed E-state index contributed by atoms with van der Waals surface area (Å²) in [6.07, 6.45) is 5.05. The molecule has 102 valence electrons. The van der Waals surface area contributed by atoms with Crippen molar-refractivity contribution in [1.29, 1.82) is 0 Å². The topological polar surface area (TPSA) is 57.4 Å². The quantitative estimate of drug-likeness (QED) is 0.927. The van der Waals surface area contributed by atoms with Crippen LogP contribution in [0.5, 0.6) is 5.88 Å². The van der Waals surface area contributed by atoms with Gasteiger partial charge < -0.3 is 15.2 Å². The second-order valence-corrected chi connectivity index (χ2v) is 4.77. The third-order valence-electron chi connectivity index (χ3n) is 2.76. The van der Waals surface area contributed by atoms with Crippen LogP contribution in [0.15, 0.2) is 36.3 Å². The Bertz CT molecular complexity index is 543. The molecule has 0 saturated heterocycles. The van der Waals surface area contributed by atoms with Crippen molar-refractivity contribution in [3.05, 3.63) is 41.3 Å². The van der Waals surface area contributed by atoms with Crippen LogP contribution in [-0.2, 0) is 4.74 Å². The van der Waals surface area contributed by atoms with Gasteiger partial charge in [0, 0.05) is 6.20 Å². The number of halogens is 2. The van der Waals surface area contributed by atoms with Crippen LogP contribution in [0.1, 0.15) is 6.92 Å². The van der Waals surface area contributed by atoms with E-state index in [1.165, 1.54) is 32.4 Å². The summed E-state index contributed by atoms with van der Waals surface area (Å²) in [7, 11) is 1.45. The number of nitrogen functional groups attached to an aromatic ring is 1. The molecule has 2 atom stereocenters. The number of hydrogen-bond donors (Lipinski definition) is 1. The molecule has 1 aromatic rings. The van der Waals surface area contributed by atoms with Crippen molar-refractivity contribution in [2.45, 2.75) is 18.7 Å². The minimum Gasteiger partial charge on any atom is -0.497 e. The number of anilines is 1. The van der Waals surface area contributed by atoms with Crippen molar-refractivity contribution in [3.63, 3.8) is 0 Å². The van der Waals surface area contributed by atoms with Gasteiger partial charge in [0.25, 0.3) is 0 Å². The monoisotopic (exact) mass is 284 g/mol. The number of nitrogens with two attached hydrogens (primary N) is 1. The summed E-state index contributed by atoms with van der Waals surface area (Å²) >= 11 is 5.75. The molecule has 0 fully saturated rings. The van der Waals surface area contributed by atoms with E-state index in [4.69, 9.17) is 26.8 Å². The lowest BCUT2D eigenvalue weighted by atomic mass is 9.94. The van der Waals surface area contributed by atoms with Crippen LogP contribution in [0.2, 0.25) is 5.02 Å². The van der Waals surface area contributed by atoms with Crippen LogP contribution in [0.4, 0.5) is 10.1 Å². The first-order valence-corrected chi connectivity index (χ1v) is 6.02. The summed E-state index contributed by atoms with van der Waals surface area (Å²) in [4.78, 5) is 3.95. The molecular weight excluding hydrogens is 271 g/mol. The van der Waals surface area contributed by atoms with E-state index < -0.39 is 11.8 Å². The molecule has 0 aliphatic heterocycles. The van der Waals surface area contributed by atoms with E-state index in [9.17, 15) is 4.39 Å². The van der Waals surface area contributed by atoms with Crippen molar-refractivity contribution >= 4 is 17.3 Å². The Morgan fingerprint density at radius 3 is 2.89 bits per heavy atom. The van der Waals surface area contributed by atoms with Crippen molar-refractivity contribution < 1.29 is 13.9 Å². The first-order valence-electron chi connectivity index (χ1n) is 5.64. The molecule has 0 spiro atoms. The number of ether oxygens (including phenoxy) is 2. The van der Waals surface area contributed by atoms with E-state index in [0.29, 0.717) is 10.8 Å². The van der Waals surface area contributed by atoms with E-state index in [2.05, 4.69) is 4.98 Å². The van der Waals surface area contributed by atoms with Crippen LogP contribution >= 0.6 is 11.6 Å². The van der Waals surface area contributed by atoms with E-state index in [1.54, 1.807) is 12.2 Å². The fourth-order valence-corrected chi connectivity index (χ4v) is 1.95. The zero-order valence-corrected chi connectivity index (χ0v) is 11.3. The van der Waals surface area contributed by atoms with E-state index in [1.807, 2.05) is 0 Å². The average molecular weight is 285 g/mol. The van der Waals surface area contributed by atoms with E-state index in [0.717, 1.165) is 0 Å². The van der Waals surface area contributed by atoms with Crippen LogP contribution in [-0.4, -0.2) is 23.9 Å². The van der Waals surface area contributed by atoms with Crippen molar-refractivity contribution in [2.24, 2.45) is 0 Å². The average Bonchev–Trinajstić information content (AvgIpc) is 2.34. The van der Waals surface area contributed by atoms with Gasteiger partial charge >= 0.3 is 0 Å². The number of pyridine rings is 1. The van der Waals surface area contributed by atoms with Crippen LogP contribution in [0.25, 0.3) is 0 Å². The molecule has 2 N–H and O–H groups in total. The molecule has 0 aromatic carbocycles. The smallest absolute Gasteiger partial charge is 0.238 e. The lowest BCUT2D eigenvalue weighted by Gasteiger charge is -2.31. The highest BCUT2D eigenvalue weighted by Gasteiger charge is 2.40. The van der Waals surface area contributed by atoms with E-state index >= 15 is 0 Å². The predicted octanol–water partition coefficient (Wildman–Crippen LogP) is 2.89. The Kier molecular flexibility index (Phi) is 3.66. The number of aromatic nitrogens is 1. The summed E-state index contributed by atoms with van der Waals surface area (Å²) in [6.45, 7) is 1.40. The molecule has 1 aromatic heterocycles. The van der Waals surface area contributed by atoms with Gasteiger partial charge in [-0.05, 0) is 25.1 Å². The summed E-state index contributed by atoms with van der Waals surface area (Å²) < 4.78 is 25.1. The van der Waals surface area contributed by atoms with Gasteiger partial charge in [-0.1, -0.05) is 17.7 Å². The first-order chi connectivity index (χ1) is 8.94. The van der Waals surface area contributed by atoms with Crippen molar-refractivity contribution in [3.8, 4) is 5.88 Å². The molecule has 4 nitrogen and oxygen atoms in total. The molecule has 2 unspecified atom stereocenters. The summed E-state index contributed by atoms with van der Waals surface area (Å²) in [5, 5.41) is 0.388. The molecule has 6 heteroatoms. The summed E-state index contributed by atoms with van der Waals surface area (Å²) in [6, 6.07) is 1.49. The molecule has 1 heterocycles. The SMILES string of the molecule is COC1=CC=CC(C)(F)C1Oc1ncc(Cl)cc1N. The Labute approximate surface area is 115 Å². The van der Waals surface area contributed by atoms with Crippen LogP contribution in [0.3, 0.4) is 0 Å². The zero-order valence-electron chi connectivity index (χ0n) is 10.6. The second-order valence-electron chi connectivity index (χ2n) is 4.33. The fourth-order valence-electron chi connectivity index (χ4n) is 1.78. The standard InChI is InChI=1S/C13H14ClFN2O2/c1-13(15)5-3-4-10(18-2)11(13)19-12-9(16)6-8(14)7-17-12/h3-7,11H,16H2,1-2H3. The highest BCUT2D eigenvalue weighted by Crippen LogP contribution is 2.33. The summed E-state index contributed by atoms with van der Waals surface area (Å²) in [5.74, 6) is 0.486. The maximum atomic E-state index is 14.4. The molecular formula is C13H14ClFN2O2. The number of allylic oxidation sites excluding steroid dienone is 2. The number of rotatable bonds is 3. The molecule has 2 rings (SSSR count). The van der Waals surface area contributed by atoms with E-state index in [-0.39, 0.29) is 11.6 Å². The Balaban J connectivity index is 2.30. The Hall–Kier alpha value is -1.75. The van der Waals surface area contributed by atoms with Crippen molar-refractivity contribution in [1.82, 2.24) is 4.98 Å². The van der Waals surface area contributed by atoms with Gasteiger partial charge in [0.1, 0.15) is 5.76 Å². The fraction of sp³-hybridized carbons (Fsp3) is 0.308. The molecule has 1 aliphatic carbocycles. The largest absolute Gasteiger partial charge is 0.497 e. The van der Waals surface area contributed by atoms with Crippen LogP contribution in [0, 0.1) is 0 Å². The number of nitrogens with zero attached hydrogens (tertiary/aromatic N) is 1. The highest BCUT2D eigenvalue weighted by atomic mass is 35.5. The van der Waals surface area contributed by atoms with Gasteiger partial charge in [0.15, 0.2) is 11.8 Å². The third kappa shape index (κ3) is 2.81. The minimum absolute atomic E-state index is 0.122. The van der Waals surface area contributed by atoms with Crippen LogP contribution < -0.4 is 10.5 Å². The highest BCUT2D eigenvalue weighted by molar-refractivity contribution is 6.30. The van der Waals surface area contributed by atoms with Gasteiger partial charge in [-0.3, -0.25) is 0 Å². The zero-order chi connectivity index (χ0) is 14.0. The van der Waals surface area contributed by atoms with Gasteiger partial charge in [0.2, 0.25) is 5.88 Å². The number of methoxy groups -OCH3 is 1. The first kappa shape index (κ1) is 13.7. The summed E-state index contributed by atoms with van der Waals surface area (Å²) in [5.41, 5.74) is 4.27. The second kappa shape index (κ2) is 5.09. The molecule has 1 aliphatic rings. The number of hydrogen-bond acceptors (Lipinski definition) is 4. The molecule has 0 bridgehead atoms. The van der Waals surface area contributed by atoms with Crippen molar-refractivity contribution in [2.75, 3.05) is 12.8 Å². The molecule has 0 saturated carbocycles. The molecule has 0 amide bonds. The normalized spacial score (nSPS) is 25.9. The lowest BCUT2D eigenvalue weighted by molar-refractivity contribution is 0.0379. The maximum Gasteiger partial charge on any atom is 0.238 e. The van der Waals surface area contributed by atoms with Gasteiger partial charge in [-0.15, -0.1) is 0 Å². The predicted molar refractivity (Wildman–Crippen MR) is 71.8 cm³/mol.